The maximum absolute atomic E-state index is 15.4. The maximum Gasteiger partial charge on any atom is 0.214 e. The molecule has 0 saturated heterocycles. The van der Waals surface area contributed by atoms with Crippen LogP contribution < -0.4 is 26.4 Å². The standard InChI is InChI=1S/C24BF20.C12H12ClN2/c26-5-1(6(27)14(35)21(42)13(5)34)25(2-7(28)15(36)22(43)16(37)8(2)29,3-9(30)17(38)23(44)18(39)10(3)31)4-11(32)19(40)24(45)20(41)12(4)33;13-8-12-9-14-6-7-15(12)10-11-4-2-1-3-5-11/h;1-7,9H,8,10H2/q-1;+1. The van der Waals surface area contributed by atoms with E-state index in [4.69, 9.17) is 11.6 Å². The Kier molecular flexibility index (Phi) is 12.8. The number of nitrogens with zero attached hydrogens (tertiary/aromatic N) is 2. The Morgan fingerprint density at radius 3 is 0.933 bits per heavy atom. The predicted octanol–water partition coefficient (Wildman–Crippen LogP) is 8.00. The first-order valence-corrected chi connectivity index (χ1v) is 16.3. The van der Waals surface area contributed by atoms with Crippen molar-refractivity contribution in [3.05, 3.63) is 177 Å². The maximum atomic E-state index is 15.4. The molecular formula is C36H12BClF20N2. The second-order valence-corrected chi connectivity index (χ2v) is 12.4. The summed E-state index contributed by atoms with van der Waals surface area (Å²) in [5, 5.41) is 0. The molecule has 24 heteroatoms. The summed E-state index contributed by atoms with van der Waals surface area (Å²) in [4.78, 5) is 4.05. The Morgan fingerprint density at radius 1 is 0.400 bits per heavy atom. The molecule has 0 spiro atoms. The highest BCUT2D eigenvalue weighted by Gasteiger charge is 2.52. The summed E-state index contributed by atoms with van der Waals surface area (Å²) in [5.74, 6) is -70.9. The summed E-state index contributed by atoms with van der Waals surface area (Å²) in [5.41, 5.74) is -12.0. The third-order valence-corrected chi connectivity index (χ3v) is 9.24. The van der Waals surface area contributed by atoms with Crippen LogP contribution >= 0.6 is 11.6 Å². The molecule has 0 N–H and O–H groups in total. The van der Waals surface area contributed by atoms with Crippen molar-refractivity contribution in [1.82, 2.24) is 4.98 Å². The van der Waals surface area contributed by atoms with Gasteiger partial charge in [0.25, 0.3) is 0 Å². The fraction of sp³-hybridized carbons (Fsp3) is 0.0556. The second-order valence-electron chi connectivity index (χ2n) is 12.1. The highest BCUT2D eigenvalue weighted by atomic mass is 35.5. The van der Waals surface area contributed by atoms with E-state index in [1.807, 2.05) is 24.4 Å². The molecule has 316 valence electrons. The molecule has 5 aromatic carbocycles. The SMILES string of the molecule is ClCc1cncc[n+]1Cc1ccccc1.Fc1c(F)c(F)c([B-](c2c(F)c(F)c(F)c(F)c2F)(c2c(F)c(F)c(F)c(F)c2F)c2c(F)c(F)c(F)c(F)c2F)c(F)c1F. The molecule has 0 aliphatic carbocycles. The van der Waals surface area contributed by atoms with Gasteiger partial charge in [0.15, 0.2) is 82.5 Å². The van der Waals surface area contributed by atoms with Gasteiger partial charge in [0.2, 0.25) is 5.69 Å². The summed E-state index contributed by atoms with van der Waals surface area (Å²) in [6.07, 6.45) is -1.69. The minimum Gasteiger partial charge on any atom is -0.252 e. The lowest BCUT2D eigenvalue weighted by Gasteiger charge is -2.44. The molecular weight excluding hydrogens is 887 g/mol. The number of aromatic nitrogens is 2. The molecule has 1 aromatic heterocycles. The Hall–Kier alpha value is -5.87. The average molecular weight is 899 g/mol. The molecule has 0 aliphatic rings. The quantitative estimate of drug-likeness (QED) is 0.0397. The van der Waals surface area contributed by atoms with E-state index in [1.54, 1.807) is 12.4 Å². The number of halogens is 21. The van der Waals surface area contributed by atoms with E-state index in [0.29, 0.717) is 5.88 Å². The minimum atomic E-state index is -7.22. The lowest BCUT2D eigenvalue weighted by molar-refractivity contribution is -0.695. The zero-order chi connectivity index (χ0) is 44.9. The third-order valence-electron chi connectivity index (χ3n) is 8.96. The Morgan fingerprint density at radius 2 is 0.667 bits per heavy atom. The van der Waals surface area contributed by atoms with E-state index in [-0.39, 0.29) is 0 Å². The van der Waals surface area contributed by atoms with Crippen molar-refractivity contribution in [3.8, 4) is 0 Å². The molecule has 0 fully saturated rings. The zero-order valence-electron chi connectivity index (χ0n) is 28.4. The van der Waals surface area contributed by atoms with Gasteiger partial charge in [-0.25, -0.2) is 87.8 Å². The molecule has 0 atom stereocenters. The third kappa shape index (κ3) is 7.04. The van der Waals surface area contributed by atoms with E-state index in [2.05, 4.69) is 21.7 Å². The lowest BCUT2D eigenvalue weighted by atomic mass is 9.12. The van der Waals surface area contributed by atoms with Crippen LogP contribution in [0.5, 0.6) is 0 Å². The fourth-order valence-electron chi connectivity index (χ4n) is 6.34. The molecule has 60 heavy (non-hydrogen) atoms. The molecule has 0 aliphatic heterocycles. The van der Waals surface area contributed by atoms with Crippen LogP contribution in [0.1, 0.15) is 11.3 Å². The van der Waals surface area contributed by atoms with Crippen LogP contribution in [0.15, 0.2) is 48.9 Å². The molecule has 0 bridgehead atoms. The molecule has 0 amide bonds. The van der Waals surface area contributed by atoms with E-state index in [9.17, 15) is 52.7 Å². The smallest absolute Gasteiger partial charge is 0.214 e. The highest BCUT2D eigenvalue weighted by Crippen LogP contribution is 2.30. The molecule has 1 heterocycles. The summed E-state index contributed by atoms with van der Waals surface area (Å²) >= 11 is 5.84. The number of benzene rings is 5. The highest BCUT2D eigenvalue weighted by molar-refractivity contribution is 7.20. The van der Waals surface area contributed by atoms with Crippen molar-refractivity contribution in [2.45, 2.75) is 12.4 Å². The number of alkyl halides is 1. The van der Waals surface area contributed by atoms with Crippen LogP contribution in [0.2, 0.25) is 0 Å². The van der Waals surface area contributed by atoms with E-state index < -0.39 is 144 Å². The van der Waals surface area contributed by atoms with Crippen LogP contribution in [0.3, 0.4) is 0 Å². The van der Waals surface area contributed by atoms with Gasteiger partial charge >= 0.3 is 0 Å². The van der Waals surface area contributed by atoms with Gasteiger partial charge in [-0.15, -0.1) is 33.5 Å². The minimum absolute atomic E-state index is 0.487. The molecule has 2 nitrogen and oxygen atoms in total. The van der Waals surface area contributed by atoms with Crippen molar-refractivity contribution < 1.29 is 92.4 Å². The van der Waals surface area contributed by atoms with Gasteiger partial charge in [0.1, 0.15) is 58.6 Å². The molecule has 0 radical (unpaired) electrons. The van der Waals surface area contributed by atoms with Gasteiger partial charge in [0, 0.05) is 5.56 Å². The fourth-order valence-corrected chi connectivity index (χ4v) is 6.56. The molecule has 0 unspecified atom stereocenters. The van der Waals surface area contributed by atoms with Gasteiger partial charge in [-0.3, -0.25) is 4.98 Å². The van der Waals surface area contributed by atoms with Crippen molar-refractivity contribution in [1.29, 1.82) is 0 Å². The summed E-state index contributed by atoms with van der Waals surface area (Å²) in [7, 11) is 0. The van der Waals surface area contributed by atoms with E-state index in [0.717, 1.165) is 12.2 Å². The van der Waals surface area contributed by atoms with E-state index >= 15 is 35.1 Å². The first-order chi connectivity index (χ1) is 28.1. The number of rotatable bonds is 7. The van der Waals surface area contributed by atoms with Gasteiger partial charge < -0.3 is 0 Å². The molecule has 6 aromatic rings. The first-order valence-electron chi connectivity index (χ1n) is 15.8. The number of hydrogen-bond donors (Lipinski definition) is 0. The van der Waals surface area contributed by atoms with Crippen molar-refractivity contribution >= 4 is 39.6 Å². The van der Waals surface area contributed by atoms with Gasteiger partial charge in [0.05, 0.1) is 12.4 Å². The van der Waals surface area contributed by atoms with Crippen LogP contribution in [0, 0.1) is 116 Å². The van der Waals surface area contributed by atoms with Gasteiger partial charge in [-0.1, -0.05) is 30.3 Å². The van der Waals surface area contributed by atoms with Gasteiger partial charge in [-0.05, 0) is 0 Å². The number of hydrogen-bond acceptors (Lipinski definition) is 1. The average Bonchev–Trinajstić information content (AvgIpc) is 3.24. The van der Waals surface area contributed by atoms with Crippen LogP contribution in [-0.2, 0) is 12.4 Å². The van der Waals surface area contributed by atoms with Crippen molar-refractivity contribution in [2.24, 2.45) is 0 Å². The van der Waals surface area contributed by atoms with Crippen molar-refractivity contribution in [2.75, 3.05) is 0 Å². The van der Waals surface area contributed by atoms with Crippen LogP contribution in [0.25, 0.3) is 0 Å². The zero-order valence-corrected chi connectivity index (χ0v) is 29.2. The summed E-state index contributed by atoms with van der Waals surface area (Å²) in [6.45, 7) is 0.839. The Bertz CT molecular complexity index is 2300. The molecule has 6 rings (SSSR count). The normalized spacial score (nSPS) is 11.6. The predicted molar refractivity (Wildman–Crippen MR) is 169 cm³/mol. The van der Waals surface area contributed by atoms with E-state index in [1.165, 1.54) is 5.56 Å². The van der Waals surface area contributed by atoms with Gasteiger partial charge in [-0.2, -0.15) is 4.57 Å². The first kappa shape index (κ1) is 45.2. The van der Waals surface area contributed by atoms with Crippen molar-refractivity contribution in [3.63, 3.8) is 0 Å². The largest absolute Gasteiger partial charge is 0.252 e. The Labute approximate surface area is 325 Å². The topological polar surface area (TPSA) is 16.8 Å². The summed E-state index contributed by atoms with van der Waals surface area (Å²) < 4.78 is 296. The molecule has 0 saturated carbocycles. The summed E-state index contributed by atoms with van der Waals surface area (Å²) in [6, 6.07) is 10.3. The van der Waals surface area contributed by atoms with Crippen LogP contribution in [0.4, 0.5) is 87.8 Å². The van der Waals surface area contributed by atoms with Crippen LogP contribution in [-0.4, -0.2) is 11.1 Å². The Balaban J connectivity index is 0.000000379. The lowest BCUT2D eigenvalue weighted by Crippen LogP contribution is -2.81. The second kappa shape index (κ2) is 17.0. The monoisotopic (exact) mass is 898 g/mol.